The van der Waals surface area contributed by atoms with Gasteiger partial charge in [-0.3, -0.25) is 9.69 Å². The number of H-pyrrole nitrogens is 1. The maximum Gasteiger partial charge on any atom is 0.274 e. The van der Waals surface area contributed by atoms with Crippen LogP contribution in [-0.4, -0.2) is 55.7 Å². The molecule has 0 radical (unpaired) electrons. The quantitative estimate of drug-likeness (QED) is 0.468. The van der Waals surface area contributed by atoms with Gasteiger partial charge < -0.3 is 14.3 Å². The highest BCUT2D eigenvalue weighted by Gasteiger charge is 2.23. The summed E-state index contributed by atoms with van der Waals surface area (Å²) >= 11 is 0. The van der Waals surface area contributed by atoms with Crippen molar-refractivity contribution in [1.82, 2.24) is 29.2 Å². The van der Waals surface area contributed by atoms with Crippen LogP contribution < -0.4 is 0 Å². The van der Waals surface area contributed by atoms with Crippen molar-refractivity contribution in [3.8, 4) is 0 Å². The number of benzene rings is 1. The van der Waals surface area contributed by atoms with E-state index in [4.69, 9.17) is 0 Å². The highest BCUT2D eigenvalue weighted by molar-refractivity contribution is 5.94. The standard InChI is InChI=1S/C23H27FN6O/c1-4-5-11-29(3)23(31)22-19(30-12-7-6-8-21(30)27-22)14-28(2)15-20-25-17-10-9-16(24)13-18(17)26-20/h6-10,12-13H,4-5,11,14-15H2,1-3H3,(H,25,26). The van der Waals surface area contributed by atoms with Crippen LogP contribution in [0, 0.1) is 5.82 Å². The molecular weight excluding hydrogens is 395 g/mol. The molecule has 0 fully saturated rings. The molecule has 1 aromatic carbocycles. The summed E-state index contributed by atoms with van der Waals surface area (Å²) in [7, 11) is 3.79. The lowest BCUT2D eigenvalue weighted by atomic mass is 10.2. The fourth-order valence-electron chi connectivity index (χ4n) is 3.72. The van der Waals surface area contributed by atoms with E-state index in [1.54, 1.807) is 11.0 Å². The van der Waals surface area contributed by atoms with E-state index in [1.807, 2.05) is 42.9 Å². The van der Waals surface area contributed by atoms with Crippen LogP contribution in [0.5, 0.6) is 0 Å². The van der Waals surface area contributed by atoms with Gasteiger partial charge in [0.05, 0.1) is 23.3 Å². The maximum atomic E-state index is 13.5. The van der Waals surface area contributed by atoms with Crippen LogP contribution in [0.4, 0.5) is 4.39 Å². The van der Waals surface area contributed by atoms with Gasteiger partial charge in [-0.1, -0.05) is 19.4 Å². The number of aromatic amines is 1. The van der Waals surface area contributed by atoms with E-state index in [-0.39, 0.29) is 11.7 Å². The number of fused-ring (bicyclic) bond motifs is 2. The largest absolute Gasteiger partial charge is 0.341 e. The molecule has 4 rings (SSSR count). The number of rotatable bonds is 8. The fraction of sp³-hybridized carbons (Fsp3) is 0.348. The van der Waals surface area contributed by atoms with E-state index >= 15 is 0 Å². The van der Waals surface area contributed by atoms with Crippen molar-refractivity contribution in [2.45, 2.75) is 32.9 Å². The highest BCUT2D eigenvalue weighted by atomic mass is 19.1. The van der Waals surface area contributed by atoms with E-state index in [1.165, 1.54) is 12.1 Å². The molecule has 7 nitrogen and oxygen atoms in total. The summed E-state index contributed by atoms with van der Waals surface area (Å²) in [5, 5.41) is 0. The normalized spacial score (nSPS) is 11.6. The van der Waals surface area contributed by atoms with Gasteiger partial charge in [-0.2, -0.15) is 0 Å². The predicted molar refractivity (Wildman–Crippen MR) is 118 cm³/mol. The molecule has 3 aromatic heterocycles. The Morgan fingerprint density at radius 2 is 2.00 bits per heavy atom. The van der Waals surface area contributed by atoms with Gasteiger partial charge >= 0.3 is 0 Å². The SMILES string of the molecule is CCCCN(C)C(=O)c1nc2ccccn2c1CN(C)Cc1nc2ccc(F)cc2[nH]1. The zero-order chi connectivity index (χ0) is 22.0. The molecule has 0 atom stereocenters. The lowest BCUT2D eigenvalue weighted by molar-refractivity contribution is 0.0786. The molecule has 0 aliphatic rings. The summed E-state index contributed by atoms with van der Waals surface area (Å²) in [5.41, 5.74) is 3.47. The summed E-state index contributed by atoms with van der Waals surface area (Å²) in [6, 6.07) is 10.3. The first kappa shape index (κ1) is 21.0. The van der Waals surface area contributed by atoms with Crippen LogP contribution >= 0.6 is 0 Å². The molecular formula is C23H27FN6O. The smallest absolute Gasteiger partial charge is 0.274 e. The molecule has 0 aliphatic carbocycles. The van der Waals surface area contributed by atoms with E-state index in [0.29, 0.717) is 30.8 Å². The Balaban J connectivity index is 1.59. The second-order valence-corrected chi connectivity index (χ2v) is 7.93. The summed E-state index contributed by atoms with van der Waals surface area (Å²) in [6.45, 7) is 3.85. The van der Waals surface area contributed by atoms with E-state index in [9.17, 15) is 9.18 Å². The zero-order valence-corrected chi connectivity index (χ0v) is 18.1. The third-order valence-corrected chi connectivity index (χ3v) is 5.36. The first-order valence-corrected chi connectivity index (χ1v) is 10.5. The van der Waals surface area contributed by atoms with Gasteiger partial charge in [0.15, 0.2) is 5.69 Å². The lowest BCUT2D eigenvalue weighted by Crippen LogP contribution is -2.30. The molecule has 3 heterocycles. The van der Waals surface area contributed by atoms with Gasteiger partial charge in [0, 0.05) is 26.3 Å². The van der Waals surface area contributed by atoms with Crippen molar-refractivity contribution in [3.05, 3.63) is 65.6 Å². The van der Waals surface area contributed by atoms with Crippen LogP contribution in [0.25, 0.3) is 16.7 Å². The topological polar surface area (TPSA) is 69.5 Å². The minimum atomic E-state index is -0.294. The molecule has 162 valence electrons. The van der Waals surface area contributed by atoms with Crippen LogP contribution in [0.3, 0.4) is 0 Å². The number of carbonyl (C=O) groups is 1. The minimum absolute atomic E-state index is 0.0697. The Labute approximate surface area is 180 Å². The van der Waals surface area contributed by atoms with Crippen LogP contribution in [0.15, 0.2) is 42.6 Å². The summed E-state index contributed by atoms with van der Waals surface area (Å²) in [6.07, 6.45) is 3.91. The van der Waals surface area contributed by atoms with Crippen molar-refractivity contribution in [1.29, 1.82) is 0 Å². The van der Waals surface area contributed by atoms with Crippen molar-refractivity contribution in [3.63, 3.8) is 0 Å². The second-order valence-electron chi connectivity index (χ2n) is 7.93. The Hall–Kier alpha value is -3.26. The predicted octanol–water partition coefficient (Wildman–Crippen LogP) is 3.85. The average molecular weight is 423 g/mol. The monoisotopic (exact) mass is 422 g/mol. The summed E-state index contributed by atoms with van der Waals surface area (Å²) in [5.74, 6) is 0.377. The Kier molecular flexibility index (Phi) is 5.99. The number of nitrogens with zero attached hydrogens (tertiary/aromatic N) is 5. The number of unbranched alkanes of at least 4 members (excludes halogenated alkanes) is 1. The number of hydrogen-bond acceptors (Lipinski definition) is 4. The van der Waals surface area contributed by atoms with Crippen molar-refractivity contribution >= 4 is 22.6 Å². The summed E-state index contributed by atoms with van der Waals surface area (Å²) in [4.78, 5) is 29.3. The molecule has 1 N–H and O–H groups in total. The van der Waals surface area contributed by atoms with Crippen LogP contribution in [0.2, 0.25) is 0 Å². The molecule has 0 saturated carbocycles. The van der Waals surface area contributed by atoms with Crippen molar-refractivity contribution in [2.24, 2.45) is 0 Å². The van der Waals surface area contributed by atoms with Crippen LogP contribution in [0.1, 0.15) is 41.8 Å². The number of imidazole rings is 2. The van der Waals surface area contributed by atoms with Gasteiger partial charge in [-0.25, -0.2) is 14.4 Å². The number of pyridine rings is 1. The molecule has 8 heteroatoms. The molecule has 31 heavy (non-hydrogen) atoms. The van der Waals surface area contributed by atoms with Crippen molar-refractivity contribution < 1.29 is 9.18 Å². The molecule has 0 unspecified atom stereocenters. The van der Waals surface area contributed by atoms with Gasteiger partial charge in [-0.15, -0.1) is 0 Å². The molecule has 4 aromatic rings. The lowest BCUT2D eigenvalue weighted by Gasteiger charge is -2.19. The minimum Gasteiger partial charge on any atom is -0.341 e. The number of hydrogen-bond donors (Lipinski definition) is 1. The van der Waals surface area contributed by atoms with Gasteiger partial charge in [-0.05, 0) is 43.8 Å². The number of amides is 1. The Morgan fingerprint density at radius 3 is 2.81 bits per heavy atom. The number of carbonyl (C=O) groups excluding carboxylic acids is 1. The maximum absolute atomic E-state index is 13.5. The molecule has 0 saturated heterocycles. The molecule has 0 aliphatic heterocycles. The average Bonchev–Trinajstić information content (AvgIpc) is 3.31. The Morgan fingerprint density at radius 1 is 1.16 bits per heavy atom. The third-order valence-electron chi connectivity index (χ3n) is 5.36. The van der Waals surface area contributed by atoms with Crippen molar-refractivity contribution in [2.75, 3.05) is 20.6 Å². The second kappa shape index (κ2) is 8.85. The first-order chi connectivity index (χ1) is 15.0. The third kappa shape index (κ3) is 4.44. The van der Waals surface area contributed by atoms with Gasteiger partial charge in [0.2, 0.25) is 0 Å². The van der Waals surface area contributed by atoms with Crippen LogP contribution in [-0.2, 0) is 13.1 Å². The number of nitrogens with one attached hydrogen (secondary N) is 1. The fourth-order valence-corrected chi connectivity index (χ4v) is 3.72. The highest BCUT2D eigenvalue weighted by Crippen LogP contribution is 2.19. The van der Waals surface area contributed by atoms with Gasteiger partial charge in [0.25, 0.3) is 5.91 Å². The number of halogens is 1. The van der Waals surface area contributed by atoms with E-state index < -0.39 is 0 Å². The number of aromatic nitrogens is 4. The Bertz CT molecular complexity index is 1210. The van der Waals surface area contributed by atoms with Gasteiger partial charge in [0.1, 0.15) is 17.3 Å². The molecule has 0 spiro atoms. The molecule has 0 bridgehead atoms. The van der Waals surface area contributed by atoms with E-state index in [0.717, 1.165) is 35.5 Å². The zero-order valence-electron chi connectivity index (χ0n) is 18.1. The van der Waals surface area contributed by atoms with E-state index in [2.05, 4.69) is 26.8 Å². The summed E-state index contributed by atoms with van der Waals surface area (Å²) < 4.78 is 15.4. The molecule has 1 amide bonds. The first-order valence-electron chi connectivity index (χ1n) is 10.5.